The first-order valence-corrected chi connectivity index (χ1v) is 10.4. The summed E-state index contributed by atoms with van der Waals surface area (Å²) in [7, 11) is 0. The van der Waals surface area contributed by atoms with Crippen LogP contribution in [0.4, 0.5) is 5.95 Å². The van der Waals surface area contributed by atoms with Crippen LogP contribution in [0.3, 0.4) is 0 Å². The lowest BCUT2D eigenvalue weighted by Gasteiger charge is -2.28. The molecule has 2 aromatic rings. The minimum atomic E-state index is -0.0947. The van der Waals surface area contributed by atoms with Crippen LogP contribution in [0, 0.1) is 18.3 Å². The fourth-order valence-corrected chi connectivity index (χ4v) is 3.71. The molecule has 0 aliphatic carbocycles. The van der Waals surface area contributed by atoms with Crippen LogP contribution in [-0.2, 0) is 6.54 Å². The molecule has 0 saturated heterocycles. The summed E-state index contributed by atoms with van der Waals surface area (Å²) in [5.74, 6) is 0.645. The quantitative estimate of drug-likeness (QED) is 0.485. The number of aromatic nitrogens is 2. The van der Waals surface area contributed by atoms with Gasteiger partial charge in [0, 0.05) is 13.1 Å². The maximum absolute atomic E-state index is 13.7. The van der Waals surface area contributed by atoms with E-state index in [0.717, 1.165) is 29.7 Å². The van der Waals surface area contributed by atoms with Crippen LogP contribution < -0.4 is 10.5 Å². The average molecular weight is 413 g/mol. The molecule has 1 aliphatic heterocycles. The van der Waals surface area contributed by atoms with Crippen molar-refractivity contribution in [1.29, 1.82) is 5.26 Å². The first-order chi connectivity index (χ1) is 15.0. The highest BCUT2D eigenvalue weighted by atomic mass is 16.1. The Kier molecular flexibility index (Phi) is 7.04. The Balaban J connectivity index is 2.15. The number of nitrogens with zero attached hydrogens (tertiary/aromatic N) is 4. The third-order valence-corrected chi connectivity index (χ3v) is 5.49. The minimum Gasteiger partial charge on any atom is -0.338 e. The van der Waals surface area contributed by atoms with Crippen molar-refractivity contribution in [1.82, 2.24) is 9.55 Å². The Labute approximate surface area is 184 Å². The van der Waals surface area contributed by atoms with Gasteiger partial charge < -0.3 is 4.90 Å². The van der Waals surface area contributed by atoms with Crippen LogP contribution in [0.5, 0.6) is 0 Å². The Morgan fingerprint density at radius 1 is 1.32 bits per heavy atom. The largest absolute Gasteiger partial charge is 0.338 e. The molecule has 1 aromatic carbocycles. The number of nitriles is 1. The molecule has 31 heavy (non-hydrogen) atoms. The predicted octanol–water partition coefficient (Wildman–Crippen LogP) is 4.77. The van der Waals surface area contributed by atoms with Gasteiger partial charge in [0.25, 0.3) is 5.56 Å². The summed E-state index contributed by atoms with van der Waals surface area (Å²) < 4.78 is 1.71. The van der Waals surface area contributed by atoms with Gasteiger partial charge in [0.05, 0.1) is 29.4 Å². The molecule has 3 rings (SSSR count). The smallest absolute Gasteiger partial charge is 0.263 e. The highest BCUT2D eigenvalue weighted by molar-refractivity contribution is 5.66. The van der Waals surface area contributed by atoms with Crippen molar-refractivity contribution in [2.75, 3.05) is 18.0 Å². The molecule has 0 fully saturated rings. The normalized spacial score (nSPS) is 13.7. The second kappa shape index (κ2) is 9.90. The van der Waals surface area contributed by atoms with Crippen molar-refractivity contribution in [2.24, 2.45) is 0 Å². The molecule has 5 nitrogen and oxygen atoms in total. The van der Waals surface area contributed by atoms with E-state index in [9.17, 15) is 10.1 Å². The highest BCUT2D eigenvalue weighted by Gasteiger charge is 2.21. The zero-order valence-electron chi connectivity index (χ0n) is 18.3. The van der Waals surface area contributed by atoms with Gasteiger partial charge in [0.1, 0.15) is 0 Å². The van der Waals surface area contributed by atoms with Gasteiger partial charge in [0.2, 0.25) is 5.95 Å². The second-order valence-electron chi connectivity index (χ2n) is 7.69. The molecule has 5 heteroatoms. The number of aryl methyl sites for hydroxylation is 1. The first kappa shape index (κ1) is 22.0. The van der Waals surface area contributed by atoms with E-state index in [1.807, 2.05) is 38.1 Å². The first-order valence-electron chi connectivity index (χ1n) is 10.4. The van der Waals surface area contributed by atoms with E-state index in [4.69, 9.17) is 4.98 Å². The van der Waals surface area contributed by atoms with Crippen LogP contribution in [0.2, 0.25) is 0 Å². The monoisotopic (exact) mass is 412 g/mol. The van der Waals surface area contributed by atoms with Gasteiger partial charge in [-0.3, -0.25) is 9.36 Å². The molecule has 0 amide bonds. The minimum absolute atomic E-state index is 0.0947. The Morgan fingerprint density at radius 3 is 2.77 bits per heavy atom. The molecule has 1 aliphatic rings. The summed E-state index contributed by atoms with van der Waals surface area (Å²) in [5, 5.41) is 9.52. The molecule has 0 saturated carbocycles. The maximum atomic E-state index is 13.7. The van der Waals surface area contributed by atoms with Crippen LogP contribution >= 0.6 is 0 Å². The number of rotatable bonds is 7. The van der Waals surface area contributed by atoms with Crippen LogP contribution in [0.1, 0.15) is 42.1 Å². The van der Waals surface area contributed by atoms with Gasteiger partial charge in [0.15, 0.2) is 0 Å². The van der Waals surface area contributed by atoms with Crippen LogP contribution in [0.25, 0.3) is 5.57 Å². The number of hydrogen-bond acceptors (Lipinski definition) is 4. The summed E-state index contributed by atoms with van der Waals surface area (Å²) in [4.78, 5) is 20.7. The lowest BCUT2D eigenvalue weighted by atomic mass is 10.0. The third kappa shape index (κ3) is 4.92. The molecule has 0 unspecified atom stereocenters. The Hall–Kier alpha value is -3.65. The third-order valence-electron chi connectivity index (χ3n) is 5.49. The molecule has 0 radical (unpaired) electrons. The van der Waals surface area contributed by atoms with Crippen molar-refractivity contribution in [3.05, 3.63) is 100 Å². The van der Waals surface area contributed by atoms with E-state index >= 15 is 0 Å². The molecule has 0 N–H and O–H groups in total. The average Bonchev–Trinajstić information content (AvgIpc) is 2.79. The number of benzene rings is 1. The van der Waals surface area contributed by atoms with Crippen molar-refractivity contribution in [3.63, 3.8) is 0 Å². The molecule has 0 atom stereocenters. The number of anilines is 1. The van der Waals surface area contributed by atoms with E-state index < -0.39 is 0 Å². The zero-order chi connectivity index (χ0) is 22.4. The zero-order valence-corrected chi connectivity index (χ0v) is 18.3. The van der Waals surface area contributed by atoms with Gasteiger partial charge in [-0.15, -0.1) is 0 Å². The SMILES string of the molecule is C=CC(=C)C/C=C(\C)c1c(C)nc(N2CC=CCC2)n(Cc2ccccc2C#N)c1=O. The van der Waals surface area contributed by atoms with E-state index in [-0.39, 0.29) is 5.56 Å². The molecular weight excluding hydrogens is 384 g/mol. The summed E-state index contributed by atoms with van der Waals surface area (Å²) >= 11 is 0. The topological polar surface area (TPSA) is 61.9 Å². The molecule has 1 aromatic heterocycles. The Morgan fingerprint density at radius 2 is 2.10 bits per heavy atom. The molecule has 0 bridgehead atoms. The van der Waals surface area contributed by atoms with E-state index in [2.05, 4.69) is 36.3 Å². The van der Waals surface area contributed by atoms with Gasteiger partial charge in [-0.2, -0.15) is 5.26 Å². The van der Waals surface area contributed by atoms with Gasteiger partial charge in [-0.05, 0) is 43.9 Å². The Bertz CT molecular complexity index is 1160. The summed E-state index contributed by atoms with van der Waals surface area (Å²) in [5.41, 5.74) is 4.34. The standard InChI is InChI=1S/C26H28N4O/c1-5-19(2)13-14-20(3)24-21(4)28-26(29-15-9-6-10-16-29)30(25(24)31)18-23-12-8-7-11-22(23)17-27/h5-9,11-12,14H,1-2,10,13,15-16,18H2,3-4H3/b20-14+. The van der Waals surface area contributed by atoms with Crippen molar-refractivity contribution < 1.29 is 0 Å². The molecular formula is C26H28N4O. The number of hydrogen-bond donors (Lipinski definition) is 0. The second-order valence-corrected chi connectivity index (χ2v) is 7.69. The summed E-state index contributed by atoms with van der Waals surface area (Å²) in [6.07, 6.45) is 9.49. The van der Waals surface area contributed by atoms with E-state index in [1.54, 1.807) is 16.7 Å². The number of allylic oxidation sites excluding steroid dienone is 4. The fourth-order valence-electron chi connectivity index (χ4n) is 3.71. The summed E-state index contributed by atoms with van der Waals surface area (Å²) in [6, 6.07) is 9.62. The molecule has 2 heterocycles. The van der Waals surface area contributed by atoms with Crippen LogP contribution in [-0.4, -0.2) is 22.6 Å². The lowest BCUT2D eigenvalue weighted by Crippen LogP contribution is -2.37. The van der Waals surface area contributed by atoms with Gasteiger partial charge >= 0.3 is 0 Å². The van der Waals surface area contributed by atoms with E-state index in [0.29, 0.717) is 42.3 Å². The predicted molar refractivity (Wildman–Crippen MR) is 127 cm³/mol. The van der Waals surface area contributed by atoms with Crippen LogP contribution in [0.15, 0.2) is 72.1 Å². The highest BCUT2D eigenvalue weighted by Crippen LogP contribution is 2.22. The molecule has 0 spiro atoms. The summed E-state index contributed by atoms with van der Waals surface area (Å²) in [6.45, 7) is 13.3. The fraction of sp³-hybridized carbons (Fsp3) is 0.269. The lowest BCUT2D eigenvalue weighted by molar-refractivity contribution is 0.673. The van der Waals surface area contributed by atoms with Crippen molar-refractivity contribution >= 4 is 11.5 Å². The van der Waals surface area contributed by atoms with E-state index in [1.165, 1.54) is 0 Å². The maximum Gasteiger partial charge on any atom is 0.263 e. The van der Waals surface area contributed by atoms with Crippen molar-refractivity contribution in [2.45, 2.75) is 33.2 Å². The van der Waals surface area contributed by atoms with Gasteiger partial charge in [-0.1, -0.05) is 61.2 Å². The van der Waals surface area contributed by atoms with Crippen molar-refractivity contribution in [3.8, 4) is 6.07 Å². The molecule has 158 valence electrons. The van der Waals surface area contributed by atoms with Gasteiger partial charge in [-0.25, -0.2) is 4.98 Å².